The zero-order valence-corrected chi connectivity index (χ0v) is 20.1. The van der Waals surface area contributed by atoms with Crippen molar-refractivity contribution in [3.05, 3.63) is 77.6 Å². The maximum absolute atomic E-state index is 13.4. The van der Waals surface area contributed by atoms with Gasteiger partial charge in [0.15, 0.2) is 0 Å². The molecule has 1 heterocycles. The third kappa shape index (κ3) is 6.98. The molecule has 0 unspecified atom stereocenters. The van der Waals surface area contributed by atoms with Gasteiger partial charge >= 0.3 is 5.97 Å². The average molecular weight is 464 g/mol. The highest BCUT2D eigenvalue weighted by atomic mass is 16.5. The third-order valence-corrected chi connectivity index (χ3v) is 5.67. The van der Waals surface area contributed by atoms with Crippen molar-refractivity contribution in [2.24, 2.45) is 0 Å². The number of amides is 1. The molecule has 0 spiro atoms. The van der Waals surface area contributed by atoms with E-state index in [9.17, 15) is 9.59 Å². The average Bonchev–Trinajstić information content (AvgIpc) is 3.35. The van der Waals surface area contributed by atoms with Crippen molar-refractivity contribution in [1.29, 1.82) is 0 Å². The van der Waals surface area contributed by atoms with Gasteiger partial charge in [-0.25, -0.2) is 0 Å². The predicted molar refractivity (Wildman–Crippen MR) is 132 cm³/mol. The van der Waals surface area contributed by atoms with Crippen molar-refractivity contribution in [3.63, 3.8) is 0 Å². The Bertz CT molecular complexity index is 1070. The van der Waals surface area contributed by atoms with Gasteiger partial charge in [0.2, 0.25) is 0 Å². The number of aliphatic carboxylic acids is 1. The summed E-state index contributed by atoms with van der Waals surface area (Å²) in [4.78, 5) is 25.9. The van der Waals surface area contributed by atoms with E-state index in [1.807, 2.05) is 74.2 Å². The summed E-state index contributed by atoms with van der Waals surface area (Å²) >= 11 is 0. The Labute approximate surface area is 201 Å². The highest BCUT2D eigenvalue weighted by Gasteiger charge is 2.21. The normalized spacial score (nSPS) is 10.9. The van der Waals surface area contributed by atoms with Gasteiger partial charge in [-0.3, -0.25) is 9.59 Å². The van der Waals surface area contributed by atoms with Crippen LogP contribution in [0.15, 0.2) is 65.3 Å². The summed E-state index contributed by atoms with van der Waals surface area (Å²) in [5.74, 6) is 0.720. The summed E-state index contributed by atoms with van der Waals surface area (Å²) < 4.78 is 11.5. The zero-order valence-electron chi connectivity index (χ0n) is 20.1. The number of rotatable bonds is 12. The van der Waals surface area contributed by atoms with E-state index in [-0.39, 0.29) is 18.4 Å². The molecule has 1 amide bonds. The van der Waals surface area contributed by atoms with Crippen LogP contribution < -0.4 is 4.74 Å². The smallest absolute Gasteiger partial charge is 0.303 e. The Hall–Kier alpha value is -3.54. The lowest BCUT2D eigenvalue weighted by atomic mass is 10.1. The second kappa shape index (κ2) is 12.1. The van der Waals surface area contributed by atoms with E-state index in [4.69, 9.17) is 14.3 Å². The first kappa shape index (κ1) is 25.1. The van der Waals surface area contributed by atoms with Crippen LogP contribution in [0.4, 0.5) is 0 Å². The third-order valence-electron chi connectivity index (χ3n) is 5.67. The van der Waals surface area contributed by atoms with Crippen LogP contribution in [0.2, 0.25) is 0 Å². The second-order valence-electron chi connectivity index (χ2n) is 8.75. The van der Waals surface area contributed by atoms with Crippen molar-refractivity contribution in [3.8, 4) is 17.1 Å². The first-order chi connectivity index (χ1) is 16.3. The summed E-state index contributed by atoms with van der Waals surface area (Å²) in [5, 5.41) is 8.76. The standard InChI is InChI=1S/C28H33NO5/c1-20(2)29(28(32)23-13-11-22(12-14-23)25-8-7-17-34-25)19-24-18-21(3)10-15-26(24)33-16-6-4-5-9-27(30)31/h7-8,10-15,17-18,20H,4-6,9,16,19H2,1-3H3,(H,30,31). The molecule has 2 aromatic carbocycles. The summed E-state index contributed by atoms with van der Waals surface area (Å²) in [7, 11) is 0. The van der Waals surface area contributed by atoms with Gasteiger partial charge in [0.1, 0.15) is 11.5 Å². The van der Waals surface area contributed by atoms with E-state index < -0.39 is 5.97 Å². The van der Waals surface area contributed by atoms with Crippen molar-refractivity contribution in [1.82, 2.24) is 4.90 Å². The van der Waals surface area contributed by atoms with Gasteiger partial charge in [-0.1, -0.05) is 29.8 Å². The van der Waals surface area contributed by atoms with Crippen LogP contribution in [0, 0.1) is 6.92 Å². The number of unbranched alkanes of at least 4 members (excludes halogenated alkanes) is 2. The molecule has 0 saturated heterocycles. The van der Waals surface area contributed by atoms with E-state index in [2.05, 4.69) is 6.07 Å². The molecule has 0 bridgehead atoms. The number of carboxylic acid groups (broad SMARTS) is 1. The van der Waals surface area contributed by atoms with Crippen molar-refractivity contribution >= 4 is 11.9 Å². The van der Waals surface area contributed by atoms with Crippen molar-refractivity contribution in [2.45, 2.75) is 59.0 Å². The number of hydrogen-bond donors (Lipinski definition) is 1. The number of carboxylic acids is 1. The van der Waals surface area contributed by atoms with Gasteiger partial charge < -0.3 is 19.2 Å². The Kier molecular flexibility index (Phi) is 8.91. The van der Waals surface area contributed by atoms with Crippen LogP contribution >= 0.6 is 0 Å². The second-order valence-corrected chi connectivity index (χ2v) is 8.75. The summed E-state index contributed by atoms with van der Waals surface area (Å²) in [5.41, 5.74) is 3.61. The molecular weight excluding hydrogens is 430 g/mol. The molecule has 0 aliphatic heterocycles. The first-order valence-corrected chi connectivity index (χ1v) is 11.7. The Balaban J connectivity index is 1.69. The number of nitrogens with zero attached hydrogens (tertiary/aromatic N) is 1. The Morgan fingerprint density at radius 3 is 2.44 bits per heavy atom. The molecule has 180 valence electrons. The maximum Gasteiger partial charge on any atom is 0.303 e. The van der Waals surface area contributed by atoms with E-state index in [0.29, 0.717) is 25.1 Å². The number of carbonyl (C=O) groups is 2. The predicted octanol–water partition coefficient (Wildman–Crippen LogP) is 6.33. The van der Waals surface area contributed by atoms with Gasteiger partial charge in [0.25, 0.3) is 5.91 Å². The van der Waals surface area contributed by atoms with E-state index in [0.717, 1.165) is 41.0 Å². The quantitative estimate of drug-likeness (QED) is 0.318. The van der Waals surface area contributed by atoms with Crippen LogP contribution in [0.25, 0.3) is 11.3 Å². The Morgan fingerprint density at radius 2 is 1.79 bits per heavy atom. The van der Waals surface area contributed by atoms with Gasteiger partial charge in [-0.05, 0) is 70.4 Å². The molecule has 0 aliphatic rings. The van der Waals surface area contributed by atoms with Crippen molar-refractivity contribution in [2.75, 3.05) is 6.61 Å². The monoisotopic (exact) mass is 463 g/mol. The zero-order chi connectivity index (χ0) is 24.5. The molecule has 3 rings (SSSR count). The highest BCUT2D eigenvalue weighted by Crippen LogP contribution is 2.25. The fourth-order valence-electron chi connectivity index (χ4n) is 3.77. The minimum Gasteiger partial charge on any atom is -0.493 e. The molecular formula is C28H33NO5. The molecule has 0 atom stereocenters. The Morgan fingerprint density at radius 1 is 1.03 bits per heavy atom. The van der Waals surface area contributed by atoms with Gasteiger partial charge in [-0.2, -0.15) is 0 Å². The highest BCUT2D eigenvalue weighted by molar-refractivity contribution is 5.94. The van der Waals surface area contributed by atoms with Gasteiger partial charge in [-0.15, -0.1) is 0 Å². The molecule has 3 aromatic rings. The lowest BCUT2D eigenvalue weighted by Crippen LogP contribution is -2.36. The number of benzene rings is 2. The number of carbonyl (C=O) groups excluding carboxylic acids is 1. The van der Waals surface area contributed by atoms with E-state index in [1.165, 1.54) is 0 Å². The van der Waals surface area contributed by atoms with Crippen LogP contribution in [0.1, 0.15) is 61.0 Å². The minimum absolute atomic E-state index is 0.00151. The molecule has 0 aliphatic carbocycles. The maximum atomic E-state index is 13.4. The first-order valence-electron chi connectivity index (χ1n) is 11.7. The largest absolute Gasteiger partial charge is 0.493 e. The molecule has 0 fully saturated rings. The molecule has 34 heavy (non-hydrogen) atoms. The topological polar surface area (TPSA) is 80.0 Å². The SMILES string of the molecule is Cc1ccc(OCCCCCC(=O)O)c(CN(C(=O)c2ccc(-c3ccco3)cc2)C(C)C)c1. The summed E-state index contributed by atoms with van der Waals surface area (Å²) in [6.07, 6.45) is 4.05. The molecule has 6 heteroatoms. The minimum atomic E-state index is -0.768. The van der Waals surface area contributed by atoms with Crippen LogP contribution in [-0.2, 0) is 11.3 Å². The van der Waals surface area contributed by atoms with Gasteiger partial charge in [0.05, 0.1) is 12.9 Å². The van der Waals surface area contributed by atoms with Crippen LogP contribution in [0.5, 0.6) is 5.75 Å². The summed E-state index contributed by atoms with van der Waals surface area (Å²) in [6.45, 7) is 6.99. The number of furan rings is 1. The molecule has 1 aromatic heterocycles. The lowest BCUT2D eigenvalue weighted by molar-refractivity contribution is -0.137. The number of hydrogen-bond acceptors (Lipinski definition) is 4. The van der Waals surface area contributed by atoms with Gasteiger partial charge in [0, 0.05) is 35.7 Å². The van der Waals surface area contributed by atoms with Crippen LogP contribution in [-0.4, -0.2) is 34.5 Å². The van der Waals surface area contributed by atoms with Crippen molar-refractivity contribution < 1.29 is 23.8 Å². The molecule has 6 nitrogen and oxygen atoms in total. The van der Waals surface area contributed by atoms with E-state index in [1.54, 1.807) is 6.26 Å². The lowest BCUT2D eigenvalue weighted by Gasteiger charge is -2.28. The van der Waals surface area contributed by atoms with E-state index >= 15 is 0 Å². The molecule has 1 N–H and O–H groups in total. The fraction of sp³-hybridized carbons (Fsp3) is 0.357. The number of ether oxygens (including phenoxy) is 1. The molecule has 0 saturated carbocycles. The summed E-state index contributed by atoms with van der Waals surface area (Å²) in [6, 6.07) is 17.2. The van der Waals surface area contributed by atoms with Crippen LogP contribution in [0.3, 0.4) is 0 Å². The fourth-order valence-corrected chi connectivity index (χ4v) is 3.77. The number of aryl methyl sites for hydroxylation is 1. The molecule has 0 radical (unpaired) electrons.